The predicted molar refractivity (Wildman–Crippen MR) is 73.4 cm³/mol. The Morgan fingerprint density at radius 1 is 1.65 bits per heavy atom. The molecule has 0 radical (unpaired) electrons. The average molecular weight is 253 g/mol. The van der Waals surface area contributed by atoms with E-state index in [9.17, 15) is 0 Å². The molecule has 1 aromatic heterocycles. The van der Waals surface area contributed by atoms with Crippen molar-refractivity contribution < 1.29 is 0 Å². The Balaban J connectivity index is 1.69. The van der Waals surface area contributed by atoms with Crippen molar-refractivity contribution in [2.45, 2.75) is 58.2 Å². The highest BCUT2D eigenvalue weighted by atomic mass is 32.1. The maximum Gasteiger partial charge on any atom is 0.0926 e. The summed E-state index contributed by atoms with van der Waals surface area (Å²) in [4.78, 5) is 4.57. The van der Waals surface area contributed by atoms with E-state index in [2.05, 4.69) is 34.8 Å². The van der Waals surface area contributed by atoms with Crippen LogP contribution in [-0.4, -0.2) is 23.6 Å². The number of rotatable bonds is 6. The highest BCUT2D eigenvalue weighted by Crippen LogP contribution is 2.12. The van der Waals surface area contributed by atoms with Gasteiger partial charge in [-0.1, -0.05) is 6.92 Å². The van der Waals surface area contributed by atoms with Crippen molar-refractivity contribution in [1.29, 1.82) is 0 Å². The molecule has 0 bridgehead atoms. The third-order valence-corrected chi connectivity index (χ3v) is 4.38. The van der Waals surface area contributed by atoms with Gasteiger partial charge < -0.3 is 10.6 Å². The van der Waals surface area contributed by atoms with Crippen LogP contribution in [0.4, 0.5) is 0 Å². The van der Waals surface area contributed by atoms with Crippen LogP contribution in [0.3, 0.4) is 0 Å². The Morgan fingerprint density at radius 2 is 2.53 bits per heavy atom. The molecule has 2 rings (SSSR count). The van der Waals surface area contributed by atoms with Crippen molar-refractivity contribution >= 4 is 11.3 Å². The van der Waals surface area contributed by atoms with E-state index in [1.54, 1.807) is 11.3 Å². The zero-order valence-corrected chi connectivity index (χ0v) is 11.6. The third-order valence-electron chi connectivity index (χ3n) is 3.33. The Hall–Kier alpha value is -0.450. The van der Waals surface area contributed by atoms with Gasteiger partial charge in [0.25, 0.3) is 0 Å². The fraction of sp³-hybridized carbons (Fsp3) is 0.769. The molecule has 0 aromatic carbocycles. The minimum atomic E-state index is 0.567. The van der Waals surface area contributed by atoms with Gasteiger partial charge in [-0.25, -0.2) is 4.98 Å². The highest BCUT2D eigenvalue weighted by molar-refractivity contribution is 7.09. The molecule has 17 heavy (non-hydrogen) atoms. The largest absolute Gasteiger partial charge is 0.314 e. The van der Waals surface area contributed by atoms with E-state index in [0.29, 0.717) is 6.04 Å². The number of nitrogens with one attached hydrogen (secondary N) is 2. The molecule has 3 nitrogen and oxygen atoms in total. The van der Waals surface area contributed by atoms with Crippen LogP contribution in [0.15, 0.2) is 5.38 Å². The smallest absolute Gasteiger partial charge is 0.0926 e. The molecule has 2 unspecified atom stereocenters. The summed E-state index contributed by atoms with van der Waals surface area (Å²) < 4.78 is 0. The van der Waals surface area contributed by atoms with E-state index in [1.807, 2.05) is 0 Å². The number of aryl methyl sites for hydroxylation is 1. The lowest BCUT2D eigenvalue weighted by atomic mass is 10.1. The van der Waals surface area contributed by atoms with Crippen molar-refractivity contribution in [1.82, 2.24) is 15.6 Å². The molecule has 1 saturated heterocycles. The Kier molecular flexibility index (Phi) is 4.95. The van der Waals surface area contributed by atoms with Gasteiger partial charge in [0.05, 0.1) is 10.7 Å². The van der Waals surface area contributed by atoms with E-state index in [1.165, 1.54) is 36.5 Å². The maximum atomic E-state index is 4.57. The molecule has 1 aliphatic heterocycles. The standard InChI is InChI=1S/C13H23N3S/c1-3-13-16-12(9-17-13)8-15-10(2)7-11-5-4-6-14-11/h9-11,14-15H,3-8H2,1-2H3. The monoisotopic (exact) mass is 253 g/mol. The molecular formula is C13H23N3S. The third kappa shape index (κ3) is 4.05. The summed E-state index contributed by atoms with van der Waals surface area (Å²) in [6.45, 7) is 6.53. The van der Waals surface area contributed by atoms with Gasteiger partial charge in [0.15, 0.2) is 0 Å². The molecule has 0 amide bonds. The lowest BCUT2D eigenvalue weighted by Crippen LogP contribution is -2.33. The van der Waals surface area contributed by atoms with Crippen molar-refractivity contribution in [3.05, 3.63) is 16.1 Å². The van der Waals surface area contributed by atoms with Crippen LogP contribution in [0.25, 0.3) is 0 Å². The molecule has 1 aliphatic rings. The van der Waals surface area contributed by atoms with Gasteiger partial charge in [-0.05, 0) is 39.2 Å². The van der Waals surface area contributed by atoms with Gasteiger partial charge >= 0.3 is 0 Å². The second kappa shape index (κ2) is 6.47. The first-order valence-electron chi connectivity index (χ1n) is 6.68. The summed E-state index contributed by atoms with van der Waals surface area (Å²) in [7, 11) is 0. The van der Waals surface area contributed by atoms with Crippen LogP contribution in [0.1, 0.15) is 43.8 Å². The zero-order chi connectivity index (χ0) is 12.1. The van der Waals surface area contributed by atoms with E-state index < -0.39 is 0 Å². The van der Waals surface area contributed by atoms with Crippen LogP contribution in [0.5, 0.6) is 0 Å². The van der Waals surface area contributed by atoms with Crippen LogP contribution >= 0.6 is 11.3 Å². The van der Waals surface area contributed by atoms with E-state index in [0.717, 1.165) is 19.0 Å². The molecule has 2 N–H and O–H groups in total. The summed E-state index contributed by atoms with van der Waals surface area (Å²) in [5, 5.41) is 10.5. The van der Waals surface area contributed by atoms with Gasteiger partial charge in [-0.2, -0.15) is 0 Å². The topological polar surface area (TPSA) is 37.0 Å². The molecule has 2 atom stereocenters. The molecule has 0 spiro atoms. The second-order valence-corrected chi connectivity index (χ2v) is 5.84. The molecule has 4 heteroatoms. The summed E-state index contributed by atoms with van der Waals surface area (Å²) in [5.41, 5.74) is 1.19. The van der Waals surface area contributed by atoms with Crippen LogP contribution in [0, 0.1) is 0 Å². The van der Waals surface area contributed by atoms with E-state index in [4.69, 9.17) is 0 Å². The molecule has 1 fully saturated rings. The van der Waals surface area contributed by atoms with Crippen molar-refractivity contribution in [3.63, 3.8) is 0 Å². The van der Waals surface area contributed by atoms with E-state index in [-0.39, 0.29) is 0 Å². The molecule has 2 heterocycles. The Bertz CT molecular complexity index is 331. The summed E-state index contributed by atoms with van der Waals surface area (Å²) in [6, 6.07) is 1.29. The minimum absolute atomic E-state index is 0.567. The maximum absolute atomic E-state index is 4.57. The number of hydrogen-bond acceptors (Lipinski definition) is 4. The Morgan fingerprint density at radius 3 is 3.18 bits per heavy atom. The number of thiazole rings is 1. The lowest BCUT2D eigenvalue weighted by molar-refractivity contribution is 0.438. The quantitative estimate of drug-likeness (QED) is 0.817. The first-order chi connectivity index (χ1) is 8.28. The van der Waals surface area contributed by atoms with Gasteiger partial charge in [0.2, 0.25) is 0 Å². The lowest BCUT2D eigenvalue weighted by Gasteiger charge is -2.17. The summed E-state index contributed by atoms with van der Waals surface area (Å²) in [6.07, 6.45) is 4.95. The van der Waals surface area contributed by atoms with Crippen molar-refractivity contribution in [2.75, 3.05) is 6.54 Å². The predicted octanol–water partition coefficient (Wildman–Crippen LogP) is 2.33. The fourth-order valence-electron chi connectivity index (χ4n) is 2.34. The zero-order valence-electron chi connectivity index (χ0n) is 10.8. The first-order valence-corrected chi connectivity index (χ1v) is 7.56. The molecule has 0 saturated carbocycles. The molecule has 1 aromatic rings. The normalized spacial score (nSPS) is 21.9. The Labute approximate surface area is 108 Å². The summed E-state index contributed by atoms with van der Waals surface area (Å²) >= 11 is 1.77. The van der Waals surface area contributed by atoms with Gasteiger partial charge in [-0.15, -0.1) is 11.3 Å². The average Bonchev–Trinajstić information content (AvgIpc) is 2.96. The van der Waals surface area contributed by atoms with E-state index >= 15 is 0 Å². The van der Waals surface area contributed by atoms with Crippen LogP contribution < -0.4 is 10.6 Å². The van der Waals surface area contributed by atoms with Crippen LogP contribution in [0.2, 0.25) is 0 Å². The number of nitrogens with zero attached hydrogens (tertiary/aromatic N) is 1. The first kappa shape index (κ1) is 13.0. The molecule has 96 valence electrons. The van der Waals surface area contributed by atoms with Gasteiger partial charge in [-0.3, -0.25) is 0 Å². The van der Waals surface area contributed by atoms with Gasteiger partial charge in [0.1, 0.15) is 0 Å². The second-order valence-electron chi connectivity index (χ2n) is 4.90. The van der Waals surface area contributed by atoms with Crippen molar-refractivity contribution in [2.24, 2.45) is 0 Å². The highest BCUT2D eigenvalue weighted by Gasteiger charge is 2.16. The van der Waals surface area contributed by atoms with Crippen molar-refractivity contribution in [3.8, 4) is 0 Å². The SMILES string of the molecule is CCc1nc(CNC(C)CC2CCCN2)cs1. The molecular weight excluding hydrogens is 230 g/mol. The fourth-order valence-corrected chi connectivity index (χ4v) is 3.08. The number of aromatic nitrogens is 1. The minimum Gasteiger partial charge on any atom is -0.314 e. The van der Waals surface area contributed by atoms with Crippen LogP contribution in [-0.2, 0) is 13.0 Å². The summed E-state index contributed by atoms with van der Waals surface area (Å²) in [5.74, 6) is 0. The van der Waals surface area contributed by atoms with Gasteiger partial charge in [0, 0.05) is 24.0 Å². The molecule has 0 aliphatic carbocycles. The number of hydrogen-bond donors (Lipinski definition) is 2.